The minimum atomic E-state index is -0.541. The summed E-state index contributed by atoms with van der Waals surface area (Å²) in [7, 11) is 0. The quantitative estimate of drug-likeness (QED) is 0.878. The number of benzene rings is 1. The van der Waals surface area contributed by atoms with Crippen LogP contribution in [0.1, 0.15) is 10.5 Å². The van der Waals surface area contributed by atoms with Gasteiger partial charge in [-0.2, -0.15) is 0 Å². The van der Waals surface area contributed by atoms with Gasteiger partial charge in [0.05, 0.1) is 5.02 Å². The van der Waals surface area contributed by atoms with Crippen molar-refractivity contribution in [1.29, 1.82) is 0 Å². The smallest absolute Gasteiger partial charge is 0.277 e. The molecule has 0 atom stereocenters. The third-order valence-electron chi connectivity index (χ3n) is 1.85. The lowest BCUT2D eigenvalue weighted by Crippen LogP contribution is -2.12. The molecule has 2 rings (SSSR count). The fraction of sp³-hybridized carbons (Fsp3) is 0. The summed E-state index contributed by atoms with van der Waals surface area (Å²) in [6, 6.07) is 5.30. The van der Waals surface area contributed by atoms with Crippen LogP contribution in [-0.2, 0) is 0 Å². The summed E-state index contributed by atoms with van der Waals surface area (Å²) in [6.45, 7) is 0. The van der Waals surface area contributed by atoms with E-state index in [1.165, 1.54) is 30.5 Å². The summed E-state index contributed by atoms with van der Waals surface area (Å²) >= 11 is 5.56. The van der Waals surface area contributed by atoms with Crippen LogP contribution < -0.4 is 5.32 Å². The molecule has 1 heterocycles. The zero-order valence-corrected chi connectivity index (χ0v) is 8.66. The van der Waals surface area contributed by atoms with Crippen molar-refractivity contribution in [3.8, 4) is 0 Å². The van der Waals surface area contributed by atoms with Crippen LogP contribution in [0.25, 0.3) is 0 Å². The number of hydrogen-bond donors (Lipinski definition) is 1. The van der Waals surface area contributed by atoms with Gasteiger partial charge in [0, 0.05) is 11.8 Å². The molecule has 1 aromatic heterocycles. The molecule has 0 aliphatic rings. The van der Waals surface area contributed by atoms with Crippen LogP contribution in [0.5, 0.6) is 0 Å². The lowest BCUT2D eigenvalue weighted by Gasteiger charge is -2.03. The number of amides is 1. The first-order chi connectivity index (χ1) is 7.66. The van der Waals surface area contributed by atoms with E-state index < -0.39 is 11.7 Å². The third-order valence-corrected chi connectivity index (χ3v) is 2.14. The van der Waals surface area contributed by atoms with Crippen LogP contribution >= 0.6 is 11.6 Å². The van der Waals surface area contributed by atoms with Gasteiger partial charge >= 0.3 is 0 Å². The number of carbonyl (C=O) groups is 1. The van der Waals surface area contributed by atoms with Crippen molar-refractivity contribution in [3.05, 3.63) is 47.1 Å². The Hall–Kier alpha value is -1.88. The van der Waals surface area contributed by atoms with Gasteiger partial charge in [0.25, 0.3) is 5.91 Å². The molecule has 0 bridgehead atoms. The van der Waals surface area contributed by atoms with Gasteiger partial charge in [0.2, 0.25) is 0 Å². The molecule has 16 heavy (non-hydrogen) atoms. The maximum Gasteiger partial charge on any atom is 0.277 e. The second-order valence-electron chi connectivity index (χ2n) is 2.97. The minimum Gasteiger partial charge on any atom is -0.364 e. The molecule has 0 saturated carbocycles. The molecule has 0 radical (unpaired) electrons. The van der Waals surface area contributed by atoms with Crippen molar-refractivity contribution < 1.29 is 13.7 Å². The molecule has 1 amide bonds. The summed E-state index contributed by atoms with van der Waals surface area (Å²) in [4.78, 5) is 11.5. The molecule has 4 nitrogen and oxygen atoms in total. The van der Waals surface area contributed by atoms with E-state index in [1.807, 2.05) is 0 Å². The Morgan fingerprint density at radius 2 is 2.25 bits per heavy atom. The number of carbonyl (C=O) groups excluding carboxylic acids is 1. The molecular formula is C10H6ClFN2O2. The number of halogens is 2. The fourth-order valence-electron chi connectivity index (χ4n) is 1.10. The Morgan fingerprint density at radius 3 is 2.88 bits per heavy atom. The summed E-state index contributed by atoms with van der Waals surface area (Å²) in [5.41, 5.74) is 0.528. The number of nitrogens with zero attached hydrogens (tertiary/aromatic N) is 1. The molecular weight excluding hydrogens is 235 g/mol. The van der Waals surface area contributed by atoms with E-state index >= 15 is 0 Å². The Morgan fingerprint density at radius 1 is 1.44 bits per heavy atom. The normalized spacial score (nSPS) is 10.1. The Balaban J connectivity index is 2.15. The van der Waals surface area contributed by atoms with Gasteiger partial charge in [-0.05, 0) is 18.2 Å². The SMILES string of the molecule is O=C(Nc1ccc(F)c(Cl)c1)c1ccon1. The fourth-order valence-corrected chi connectivity index (χ4v) is 1.28. The summed E-state index contributed by atoms with van der Waals surface area (Å²) < 4.78 is 17.4. The second-order valence-corrected chi connectivity index (χ2v) is 3.37. The molecule has 0 spiro atoms. The number of rotatable bonds is 2. The van der Waals surface area contributed by atoms with Gasteiger partial charge in [-0.1, -0.05) is 16.8 Å². The molecule has 2 aromatic rings. The monoisotopic (exact) mass is 240 g/mol. The predicted octanol–water partition coefficient (Wildman–Crippen LogP) is 2.72. The van der Waals surface area contributed by atoms with Crippen LogP contribution in [0, 0.1) is 5.82 Å². The largest absolute Gasteiger partial charge is 0.364 e. The van der Waals surface area contributed by atoms with E-state index in [9.17, 15) is 9.18 Å². The van der Waals surface area contributed by atoms with Crippen molar-refractivity contribution in [2.45, 2.75) is 0 Å². The third kappa shape index (κ3) is 2.20. The molecule has 1 aromatic carbocycles. The molecule has 0 unspecified atom stereocenters. The molecule has 82 valence electrons. The van der Waals surface area contributed by atoms with E-state index in [0.29, 0.717) is 5.69 Å². The van der Waals surface area contributed by atoms with Gasteiger partial charge in [-0.3, -0.25) is 4.79 Å². The van der Waals surface area contributed by atoms with Crippen LogP contribution in [0.2, 0.25) is 5.02 Å². The van der Waals surface area contributed by atoms with E-state index in [-0.39, 0.29) is 10.7 Å². The minimum absolute atomic E-state index is 0.0575. The first-order valence-electron chi connectivity index (χ1n) is 4.33. The average Bonchev–Trinajstić information content (AvgIpc) is 2.77. The highest BCUT2D eigenvalue weighted by Gasteiger charge is 2.09. The Labute approximate surface area is 95.0 Å². The van der Waals surface area contributed by atoms with Crippen LogP contribution in [-0.4, -0.2) is 11.1 Å². The van der Waals surface area contributed by atoms with Crippen molar-refractivity contribution >= 4 is 23.2 Å². The molecule has 0 saturated heterocycles. The zero-order valence-electron chi connectivity index (χ0n) is 7.91. The standard InChI is InChI=1S/C10H6ClFN2O2/c11-7-5-6(1-2-8(7)12)13-10(15)9-3-4-16-14-9/h1-5H,(H,13,15). The van der Waals surface area contributed by atoms with Crippen LogP contribution in [0.4, 0.5) is 10.1 Å². The number of aromatic nitrogens is 1. The number of nitrogens with one attached hydrogen (secondary N) is 1. The number of anilines is 1. The molecule has 0 aliphatic carbocycles. The molecule has 0 fully saturated rings. The zero-order chi connectivity index (χ0) is 11.5. The van der Waals surface area contributed by atoms with Gasteiger partial charge in [-0.25, -0.2) is 4.39 Å². The van der Waals surface area contributed by atoms with E-state index in [1.54, 1.807) is 0 Å². The molecule has 0 aliphatic heterocycles. The average molecular weight is 241 g/mol. The molecule has 6 heteroatoms. The summed E-state index contributed by atoms with van der Waals surface area (Å²) in [6.07, 6.45) is 1.28. The van der Waals surface area contributed by atoms with Gasteiger partial charge in [-0.15, -0.1) is 0 Å². The van der Waals surface area contributed by atoms with Crippen molar-refractivity contribution in [2.75, 3.05) is 5.32 Å². The Bertz CT molecular complexity index is 514. The topological polar surface area (TPSA) is 55.1 Å². The first kappa shape index (κ1) is 10.6. The first-order valence-corrected chi connectivity index (χ1v) is 4.71. The van der Waals surface area contributed by atoms with Gasteiger partial charge in [0.1, 0.15) is 12.1 Å². The van der Waals surface area contributed by atoms with Crippen LogP contribution in [0.3, 0.4) is 0 Å². The Kier molecular flexibility index (Phi) is 2.87. The number of hydrogen-bond acceptors (Lipinski definition) is 3. The van der Waals surface area contributed by atoms with Crippen LogP contribution in [0.15, 0.2) is 35.1 Å². The summed E-state index contributed by atoms with van der Waals surface area (Å²) in [5, 5.41) is 5.90. The van der Waals surface area contributed by atoms with E-state index in [2.05, 4.69) is 15.0 Å². The lowest BCUT2D eigenvalue weighted by molar-refractivity contribution is 0.101. The lowest BCUT2D eigenvalue weighted by atomic mass is 10.3. The highest BCUT2D eigenvalue weighted by molar-refractivity contribution is 6.31. The maximum atomic E-state index is 12.8. The van der Waals surface area contributed by atoms with Crippen molar-refractivity contribution in [3.63, 3.8) is 0 Å². The molecule has 1 N–H and O–H groups in total. The van der Waals surface area contributed by atoms with E-state index in [4.69, 9.17) is 11.6 Å². The maximum absolute atomic E-state index is 12.8. The second kappa shape index (κ2) is 4.32. The van der Waals surface area contributed by atoms with Gasteiger partial charge < -0.3 is 9.84 Å². The summed E-state index contributed by atoms with van der Waals surface area (Å²) in [5.74, 6) is -0.988. The van der Waals surface area contributed by atoms with Crippen molar-refractivity contribution in [2.24, 2.45) is 0 Å². The van der Waals surface area contributed by atoms with Gasteiger partial charge in [0.15, 0.2) is 5.69 Å². The van der Waals surface area contributed by atoms with Crippen molar-refractivity contribution in [1.82, 2.24) is 5.16 Å². The highest BCUT2D eigenvalue weighted by Crippen LogP contribution is 2.19. The highest BCUT2D eigenvalue weighted by atomic mass is 35.5. The van der Waals surface area contributed by atoms with E-state index in [0.717, 1.165) is 0 Å². The predicted molar refractivity (Wildman–Crippen MR) is 55.9 cm³/mol.